The van der Waals surface area contributed by atoms with Crippen LogP contribution in [0, 0.1) is 0 Å². The topological polar surface area (TPSA) is 49.7 Å². The molecule has 0 saturated carbocycles. The highest BCUT2D eigenvalue weighted by atomic mass is 16.4. The Labute approximate surface area is 140 Å². The highest BCUT2D eigenvalue weighted by Gasteiger charge is 2.10. The zero-order valence-electron chi connectivity index (χ0n) is 12.9. The highest BCUT2D eigenvalue weighted by molar-refractivity contribution is 6.25. The minimum Gasteiger partial charge on any atom is -0.477 e. The van der Waals surface area contributed by atoms with Gasteiger partial charge in [-0.25, -0.2) is 9.79 Å². The smallest absolute Gasteiger partial charge is 0.345 e. The molecule has 0 aliphatic carbocycles. The van der Waals surface area contributed by atoms with Crippen molar-refractivity contribution in [2.24, 2.45) is 4.99 Å². The fourth-order valence-electron chi connectivity index (χ4n) is 2.39. The molecule has 0 aliphatic heterocycles. The van der Waals surface area contributed by atoms with Crippen molar-refractivity contribution in [2.75, 3.05) is 0 Å². The second-order valence-corrected chi connectivity index (χ2v) is 5.15. The summed E-state index contributed by atoms with van der Waals surface area (Å²) in [5.74, 6) is 1.65. The van der Waals surface area contributed by atoms with Crippen LogP contribution < -0.4 is 0 Å². The molecule has 0 bridgehead atoms. The lowest BCUT2D eigenvalue weighted by atomic mass is 10.0. The van der Waals surface area contributed by atoms with Crippen molar-refractivity contribution in [2.45, 2.75) is 0 Å². The molecule has 3 aromatic rings. The van der Waals surface area contributed by atoms with Gasteiger partial charge in [0.2, 0.25) is 0 Å². The third-order valence-electron chi connectivity index (χ3n) is 3.55. The number of hydrogen-bond acceptors (Lipinski definition) is 2. The number of nitrogens with zero attached hydrogens (tertiary/aromatic N) is 1. The molecule has 0 aromatic heterocycles. The van der Waals surface area contributed by atoms with Gasteiger partial charge in [-0.3, -0.25) is 0 Å². The Morgan fingerprint density at radius 3 is 2.04 bits per heavy atom. The first-order chi connectivity index (χ1) is 11.8. The Morgan fingerprint density at radius 2 is 1.38 bits per heavy atom. The quantitative estimate of drug-likeness (QED) is 0.554. The Morgan fingerprint density at radius 1 is 0.792 bits per heavy atom. The molecule has 3 heteroatoms. The highest BCUT2D eigenvalue weighted by Crippen LogP contribution is 2.29. The summed E-state index contributed by atoms with van der Waals surface area (Å²) in [6.07, 6.45) is 0. The molecule has 0 spiro atoms. The summed E-state index contributed by atoms with van der Waals surface area (Å²) in [6, 6.07) is 26.3. The third kappa shape index (κ3) is 3.49. The summed E-state index contributed by atoms with van der Waals surface area (Å²) in [7, 11) is 0. The number of carboxylic acids is 1. The summed E-state index contributed by atoms with van der Waals surface area (Å²) >= 11 is 0. The molecule has 0 heterocycles. The maximum atomic E-state index is 11.5. The summed E-state index contributed by atoms with van der Waals surface area (Å²) in [5.41, 5.74) is 3.25. The summed E-state index contributed by atoms with van der Waals surface area (Å²) < 4.78 is 0. The minimum atomic E-state index is -1.05. The van der Waals surface area contributed by atoms with Gasteiger partial charge in [-0.2, -0.15) is 0 Å². The van der Waals surface area contributed by atoms with Crippen LogP contribution >= 0.6 is 0 Å². The van der Waals surface area contributed by atoms with Crippen LogP contribution in [0.15, 0.2) is 89.9 Å². The maximum Gasteiger partial charge on any atom is 0.345 e. The molecule has 116 valence electrons. The lowest BCUT2D eigenvalue weighted by Gasteiger charge is -2.04. The molecule has 3 aromatic carbocycles. The number of carboxylic acid groups (broad SMARTS) is 1. The molecule has 0 unspecified atom stereocenters. The van der Waals surface area contributed by atoms with Crippen LogP contribution in [-0.4, -0.2) is 16.9 Å². The molecule has 3 nitrogen and oxygen atoms in total. The van der Waals surface area contributed by atoms with Gasteiger partial charge in [0.25, 0.3) is 0 Å². The summed E-state index contributed by atoms with van der Waals surface area (Å²) in [5, 5.41) is 9.43. The van der Waals surface area contributed by atoms with E-state index in [4.69, 9.17) is 0 Å². The predicted molar refractivity (Wildman–Crippen MR) is 96.5 cm³/mol. The number of rotatable bonds is 4. The van der Waals surface area contributed by atoms with Crippen molar-refractivity contribution in [3.05, 3.63) is 90.5 Å². The van der Waals surface area contributed by atoms with Gasteiger partial charge in [-0.05, 0) is 17.2 Å². The first-order valence-electron chi connectivity index (χ1n) is 7.52. The zero-order chi connectivity index (χ0) is 16.8. The Kier molecular flexibility index (Phi) is 4.66. The minimum absolute atomic E-state index is 0.0402. The molecule has 24 heavy (non-hydrogen) atoms. The van der Waals surface area contributed by atoms with E-state index in [2.05, 4.69) is 10.9 Å². The summed E-state index contributed by atoms with van der Waals surface area (Å²) in [6.45, 7) is 0. The van der Waals surface area contributed by atoms with E-state index in [1.165, 1.54) is 0 Å². The Bertz CT molecular complexity index is 909. The van der Waals surface area contributed by atoms with Crippen LogP contribution in [-0.2, 0) is 4.79 Å². The van der Waals surface area contributed by atoms with Gasteiger partial charge in [-0.1, -0.05) is 78.9 Å². The predicted octanol–water partition coefficient (Wildman–Crippen LogP) is 4.82. The van der Waals surface area contributed by atoms with Gasteiger partial charge in [0.05, 0.1) is 5.69 Å². The van der Waals surface area contributed by atoms with Gasteiger partial charge in [0.15, 0.2) is 0 Å². The zero-order valence-corrected chi connectivity index (χ0v) is 12.9. The maximum absolute atomic E-state index is 11.5. The van der Waals surface area contributed by atoms with E-state index in [-0.39, 0.29) is 5.57 Å². The van der Waals surface area contributed by atoms with E-state index < -0.39 is 5.97 Å². The van der Waals surface area contributed by atoms with Crippen molar-refractivity contribution in [1.82, 2.24) is 0 Å². The first-order valence-corrected chi connectivity index (χ1v) is 7.52. The van der Waals surface area contributed by atoms with Crippen molar-refractivity contribution in [1.29, 1.82) is 0 Å². The SMILES string of the molecule is O=C(O)C(=C=Nc1ccccc1-c1ccccc1)c1ccccc1. The van der Waals surface area contributed by atoms with Crippen molar-refractivity contribution >= 4 is 23.1 Å². The van der Waals surface area contributed by atoms with Crippen LogP contribution in [0.3, 0.4) is 0 Å². The number of aliphatic imine (C=N–C) groups is 1. The van der Waals surface area contributed by atoms with Crippen molar-refractivity contribution < 1.29 is 9.90 Å². The number of aliphatic carboxylic acids is 1. The molecular weight excluding hydrogens is 298 g/mol. The number of benzene rings is 3. The fourth-order valence-corrected chi connectivity index (χ4v) is 2.39. The molecular formula is C21H15NO2. The van der Waals surface area contributed by atoms with Gasteiger partial charge < -0.3 is 5.11 Å². The van der Waals surface area contributed by atoms with Crippen LogP contribution in [0.5, 0.6) is 0 Å². The van der Waals surface area contributed by atoms with Crippen LogP contribution in [0.4, 0.5) is 5.69 Å². The average molecular weight is 313 g/mol. The average Bonchev–Trinajstić information content (AvgIpc) is 2.64. The van der Waals surface area contributed by atoms with E-state index in [9.17, 15) is 9.90 Å². The van der Waals surface area contributed by atoms with E-state index >= 15 is 0 Å². The largest absolute Gasteiger partial charge is 0.477 e. The van der Waals surface area contributed by atoms with Gasteiger partial charge in [0.1, 0.15) is 5.57 Å². The van der Waals surface area contributed by atoms with Crippen LogP contribution in [0.25, 0.3) is 16.7 Å². The van der Waals surface area contributed by atoms with Crippen molar-refractivity contribution in [3.63, 3.8) is 0 Å². The number of hydrogen-bond donors (Lipinski definition) is 1. The third-order valence-corrected chi connectivity index (χ3v) is 3.55. The molecule has 0 atom stereocenters. The Hall–Kier alpha value is -3.42. The van der Waals surface area contributed by atoms with E-state index in [0.29, 0.717) is 11.3 Å². The molecule has 0 aliphatic rings. The summed E-state index contributed by atoms with van der Waals surface area (Å²) in [4.78, 5) is 15.8. The number of carbonyl (C=O) groups is 1. The monoisotopic (exact) mass is 313 g/mol. The lowest BCUT2D eigenvalue weighted by molar-refractivity contribution is -0.130. The van der Waals surface area contributed by atoms with E-state index in [1.54, 1.807) is 24.3 Å². The molecule has 0 amide bonds. The number of para-hydroxylation sites is 1. The second-order valence-electron chi connectivity index (χ2n) is 5.15. The normalized spacial score (nSPS) is 9.83. The van der Waals surface area contributed by atoms with Crippen LogP contribution in [0.2, 0.25) is 0 Å². The molecule has 0 radical (unpaired) electrons. The van der Waals surface area contributed by atoms with Gasteiger partial charge in [-0.15, -0.1) is 0 Å². The molecule has 1 N–H and O–H groups in total. The standard InChI is InChI=1S/C21H15NO2/c23-21(24)19(17-11-5-2-6-12-17)15-22-20-14-8-7-13-18(20)16-9-3-1-4-10-16/h1-14H,(H,23,24). The molecule has 3 rings (SSSR count). The van der Waals surface area contributed by atoms with E-state index in [1.807, 2.05) is 60.7 Å². The molecule has 0 fully saturated rings. The van der Waals surface area contributed by atoms with Crippen molar-refractivity contribution in [3.8, 4) is 11.1 Å². The first kappa shape index (κ1) is 15.5. The second kappa shape index (κ2) is 7.23. The molecule has 0 saturated heterocycles. The van der Waals surface area contributed by atoms with E-state index in [0.717, 1.165) is 11.1 Å². The fraction of sp³-hybridized carbons (Fsp3) is 0. The van der Waals surface area contributed by atoms with Gasteiger partial charge >= 0.3 is 5.97 Å². The Balaban J connectivity index is 2.10. The lowest BCUT2D eigenvalue weighted by Crippen LogP contribution is -1.99. The van der Waals surface area contributed by atoms with Crippen LogP contribution in [0.1, 0.15) is 5.56 Å². The van der Waals surface area contributed by atoms with Gasteiger partial charge in [0, 0.05) is 11.4 Å².